The van der Waals surface area contributed by atoms with Crippen molar-refractivity contribution in [3.8, 4) is 0 Å². The Morgan fingerprint density at radius 3 is 2.14 bits per heavy atom. The molecule has 0 saturated heterocycles. The number of aliphatic hydroxyl groups excluding tert-OH is 1. The highest BCUT2D eigenvalue weighted by molar-refractivity contribution is 5.13. The minimum absolute atomic E-state index is 0.618. The average molecular weight is 216 g/mol. The third-order valence-corrected chi connectivity index (χ3v) is 1.58. The average Bonchev–Trinajstić information content (AvgIpc) is 2.52. The van der Waals surface area contributed by atoms with Gasteiger partial charge >= 0.3 is 12.1 Å². The minimum Gasteiger partial charge on any atom is -0.472 e. The molecule has 1 aromatic rings. The van der Waals surface area contributed by atoms with E-state index < -0.39 is 23.8 Å². The Morgan fingerprint density at radius 2 is 1.79 bits per heavy atom. The molecule has 0 fully saturated rings. The molecular formula is C7H5F5O2. The fourth-order valence-electron chi connectivity index (χ4n) is 0.795. The molecule has 0 radical (unpaired) electrons. The lowest BCUT2D eigenvalue weighted by Gasteiger charge is -2.23. The van der Waals surface area contributed by atoms with E-state index in [0.29, 0.717) is 6.26 Å². The maximum atomic E-state index is 12.5. The molecule has 14 heavy (non-hydrogen) atoms. The van der Waals surface area contributed by atoms with Crippen LogP contribution in [0, 0.1) is 0 Å². The van der Waals surface area contributed by atoms with E-state index in [0.717, 1.165) is 12.3 Å². The molecule has 1 N–H and O–H groups in total. The molecule has 0 spiro atoms. The molecule has 0 aromatic carbocycles. The fourth-order valence-corrected chi connectivity index (χ4v) is 0.795. The van der Waals surface area contributed by atoms with Crippen LogP contribution in [-0.2, 0) is 0 Å². The first-order valence-electron chi connectivity index (χ1n) is 3.41. The van der Waals surface area contributed by atoms with Crippen LogP contribution in [0.25, 0.3) is 0 Å². The van der Waals surface area contributed by atoms with E-state index in [1.807, 2.05) is 0 Å². The highest BCUT2D eigenvalue weighted by Crippen LogP contribution is 2.44. The van der Waals surface area contributed by atoms with Gasteiger partial charge in [-0.1, -0.05) is 0 Å². The minimum atomic E-state index is -5.79. The summed E-state index contributed by atoms with van der Waals surface area (Å²) in [6.45, 7) is 0. The van der Waals surface area contributed by atoms with E-state index in [1.165, 1.54) is 0 Å². The molecule has 0 amide bonds. The molecule has 1 atom stereocenters. The number of rotatable bonds is 2. The predicted octanol–water partition coefficient (Wildman–Crippen LogP) is 2.51. The molecule has 0 aliphatic heterocycles. The zero-order valence-electron chi connectivity index (χ0n) is 6.55. The summed E-state index contributed by atoms with van der Waals surface area (Å²) < 4.78 is 64.4. The zero-order valence-corrected chi connectivity index (χ0v) is 6.55. The maximum absolute atomic E-state index is 12.5. The van der Waals surface area contributed by atoms with Crippen LogP contribution in [0.3, 0.4) is 0 Å². The van der Waals surface area contributed by atoms with E-state index in [1.54, 1.807) is 0 Å². The lowest BCUT2D eigenvalue weighted by atomic mass is 10.1. The Balaban J connectivity index is 2.94. The quantitative estimate of drug-likeness (QED) is 0.770. The summed E-state index contributed by atoms with van der Waals surface area (Å²) in [6.07, 6.45) is -7.21. The second-order valence-electron chi connectivity index (χ2n) is 2.58. The number of hydrogen-bond donors (Lipinski definition) is 1. The second-order valence-corrected chi connectivity index (χ2v) is 2.58. The molecule has 2 nitrogen and oxygen atoms in total. The van der Waals surface area contributed by atoms with Crippen LogP contribution in [0.5, 0.6) is 0 Å². The van der Waals surface area contributed by atoms with Gasteiger partial charge in [0.2, 0.25) is 0 Å². The van der Waals surface area contributed by atoms with Crippen molar-refractivity contribution in [2.75, 3.05) is 0 Å². The van der Waals surface area contributed by atoms with Gasteiger partial charge in [0.05, 0.1) is 12.5 Å². The number of aliphatic hydroxyl groups is 1. The van der Waals surface area contributed by atoms with E-state index in [-0.39, 0.29) is 0 Å². The molecule has 0 aliphatic rings. The van der Waals surface area contributed by atoms with Crippen molar-refractivity contribution in [2.45, 2.75) is 18.2 Å². The van der Waals surface area contributed by atoms with Gasteiger partial charge in [0.1, 0.15) is 0 Å². The van der Waals surface area contributed by atoms with Gasteiger partial charge in [0.25, 0.3) is 0 Å². The van der Waals surface area contributed by atoms with Gasteiger partial charge in [-0.05, 0) is 6.07 Å². The molecular weight excluding hydrogens is 211 g/mol. The lowest BCUT2D eigenvalue weighted by molar-refractivity contribution is -0.315. The summed E-state index contributed by atoms with van der Waals surface area (Å²) in [4.78, 5) is 0. The standard InChI is InChI=1S/C7H5F5O2/c8-6(9,7(10,11)12)5(13)4-1-2-14-3-4/h1-3,5,13H/t5-/m0/s1. The second kappa shape index (κ2) is 3.23. The molecule has 0 unspecified atom stereocenters. The SMILES string of the molecule is O[C@@H](c1ccoc1)C(F)(F)C(F)(F)F. The molecule has 1 aromatic heterocycles. The topological polar surface area (TPSA) is 33.4 Å². The highest BCUT2D eigenvalue weighted by Gasteiger charge is 2.62. The van der Waals surface area contributed by atoms with Crippen molar-refractivity contribution in [2.24, 2.45) is 0 Å². The largest absolute Gasteiger partial charge is 0.472 e. The van der Waals surface area contributed by atoms with Crippen molar-refractivity contribution < 1.29 is 31.5 Å². The number of alkyl halides is 5. The number of halogens is 5. The van der Waals surface area contributed by atoms with E-state index in [2.05, 4.69) is 4.42 Å². The Kier molecular flexibility index (Phi) is 2.53. The molecule has 0 bridgehead atoms. The van der Waals surface area contributed by atoms with Gasteiger partial charge in [-0.15, -0.1) is 0 Å². The van der Waals surface area contributed by atoms with Gasteiger partial charge < -0.3 is 9.52 Å². The van der Waals surface area contributed by atoms with E-state index >= 15 is 0 Å². The Labute approximate surface area is 74.9 Å². The van der Waals surface area contributed by atoms with E-state index in [9.17, 15) is 22.0 Å². The summed E-state index contributed by atoms with van der Waals surface area (Å²) in [5.74, 6) is -5.18. The normalized spacial score (nSPS) is 15.6. The maximum Gasteiger partial charge on any atom is 0.456 e. The molecule has 0 saturated carbocycles. The Bertz CT molecular complexity index is 290. The van der Waals surface area contributed by atoms with Crippen LogP contribution < -0.4 is 0 Å². The van der Waals surface area contributed by atoms with Crippen LogP contribution in [0.4, 0.5) is 22.0 Å². The molecule has 1 heterocycles. The van der Waals surface area contributed by atoms with E-state index in [4.69, 9.17) is 5.11 Å². The van der Waals surface area contributed by atoms with Crippen molar-refractivity contribution >= 4 is 0 Å². The first kappa shape index (κ1) is 11.0. The molecule has 80 valence electrons. The Hall–Kier alpha value is -1.11. The highest BCUT2D eigenvalue weighted by atomic mass is 19.4. The molecule has 1 rings (SSSR count). The summed E-state index contributed by atoms with van der Waals surface area (Å²) in [5.41, 5.74) is -0.618. The van der Waals surface area contributed by atoms with Crippen molar-refractivity contribution in [3.63, 3.8) is 0 Å². The van der Waals surface area contributed by atoms with Crippen LogP contribution in [0.2, 0.25) is 0 Å². The summed E-state index contributed by atoms with van der Waals surface area (Å²) in [6, 6.07) is 0.838. The first-order valence-corrected chi connectivity index (χ1v) is 3.41. The van der Waals surface area contributed by atoms with Crippen LogP contribution in [0.1, 0.15) is 11.7 Å². The Morgan fingerprint density at radius 1 is 1.21 bits per heavy atom. The number of furan rings is 1. The van der Waals surface area contributed by atoms with Gasteiger partial charge in [-0.3, -0.25) is 0 Å². The first-order chi connectivity index (χ1) is 6.27. The van der Waals surface area contributed by atoms with Crippen molar-refractivity contribution in [1.29, 1.82) is 0 Å². The van der Waals surface area contributed by atoms with Crippen molar-refractivity contribution in [1.82, 2.24) is 0 Å². The molecule has 7 heteroatoms. The van der Waals surface area contributed by atoms with Gasteiger partial charge in [-0.25, -0.2) is 0 Å². The third-order valence-electron chi connectivity index (χ3n) is 1.58. The summed E-state index contributed by atoms with van der Waals surface area (Å²) in [7, 11) is 0. The van der Waals surface area contributed by atoms with Gasteiger partial charge in [-0.2, -0.15) is 22.0 Å². The van der Waals surface area contributed by atoms with Crippen LogP contribution in [-0.4, -0.2) is 17.2 Å². The van der Waals surface area contributed by atoms with Crippen LogP contribution in [0.15, 0.2) is 23.0 Å². The van der Waals surface area contributed by atoms with Crippen molar-refractivity contribution in [3.05, 3.63) is 24.2 Å². The number of hydrogen-bond acceptors (Lipinski definition) is 2. The zero-order chi connectivity index (χ0) is 11.0. The van der Waals surface area contributed by atoms with Crippen LogP contribution >= 0.6 is 0 Å². The molecule has 0 aliphatic carbocycles. The lowest BCUT2D eigenvalue weighted by Crippen LogP contribution is -2.42. The van der Waals surface area contributed by atoms with Gasteiger partial charge in [0.15, 0.2) is 6.10 Å². The summed E-state index contributed by atoms with van der Waals surface area (Å²) >= 11 is 0. The predicted molar refractivity (Wildman–Crippen MR) is 34.7 cm³/mol. The monoisotopic (exact) mass is 216 g/mol. The summed E-state index contributed by atoms with van der Waals surface area (Å²) in [5, 5.41) is 8.74. The fraction of sp³-hybridized carbons (Fsp3) is 0.429. The third kappa shape index (κ3) is 1.72. The smallest absolute Gasteiger partial charge is 0.456 e. The van der Waals surface area contributed by atoms with Gasteiger partial charge in [0, 0.05) is 5.56 Å².